The Hall–Kier alpha value is -5.04. The van der Waals surface area contributed by atoms with E-state index in [2.05, 4.69) is 0 Å². The molecule has 2 amide bonds. The zero-order valence-corrected chi connectivity index (χ0v) is 22.6. The molecule has 200 valence electrons. The summed E-state index contributed by atoms with van der Waals surface area (Å²) in [6.07, 6.45) is -1.03. The highest BCUT2D eigenvalue weighted by molar-refractivity contribution is 6.34. The molecule has 7 nitrogen and oxygen atoms in total. The van der Waals surface area contributed by atoms with E-state index in [4.69, 9.17) is 9.47 Å². The van der Waals surface area contributed by atoms with Crippen LogP contribution in [-0.4, -0.2) is 29.7 Å². The molecule has 40 heavy (non-hydrogen) atoms. The molecule has 0 spiro atoms. The van der Waals surface area contributed by atoms with Crippen LogP contribution in [0.5, 0.6) is 11.5 Å². The average molecular weight is 534 g/mol. The Bertz CT molecular complexity index is 1650. The fraction of sp³-hybridized carbons (Fsp3) is 0.152. The molecule has 1 unspecified atom stereocenters. The van der Waals surface area contributed by atoms with Crippen LogP contribution in [0, 0.1) is 20.8 Å². The largest absolute Gasteiger partial charge is 0.457 e. The van der Waals surface area contributed by atoms with Crippen LogP contribution in [0.15, 0.2) is 84.9 Å². The lowest BCUT2D eigenvalue weighted by atomic mass is 10.0. The van der Waals surface area contributed by atoms with Crippen LogP contribution in [-0.2, 0) is 4.74 Å². The van der Waals surface area contributed by atoms with E-state index >= 15 is 0 Å². The molecule has 0 bridgehead atoms. The summed E-state index contributed by atoms with van der Waals surface area (Å²) < 4.78 is 11.3. The van der Waals surface area contributed by atoms with E-state index in [0.29, 0.717) is 22.7 Å². The van der Waals surface area contributed by atoms with Crippen molar-refractivity contribution in [1.29, 1.82) is 0 Å². The summed E-state index contributed by atoms with van der Waals surface area (Å²) in [5, 5.41) is 0. The van der Waals surface area contributed by atoms with Crippen LogP contribution in [0.2, 0.25) is 0 Å². The monoisotopic (exact) mass is 533 g/mol. The number of anilines is 1. The summed E-state index contributed by atoms with van der Waals surface area (Å²) in [5.41, 5.74) is 4.43. The number of Topliss-reactive ketones (excluding diaryl/α,β-unsaturated/α-hetero) is 1. The van der Waals surface area contributed by atoms with Crippen LogP contribution < -0.4 is 9.64 Å². The van der Waals surface area contributed by atoms with Gasteiger partial charge in [-0.05, 0) is 93.4 Å². The first kappa shape index (κ1) is 26.6. The van der Waals surface area contributed by atoms with Gasteiger partial charge in [0.25, 0.3) is 11.8 Å². The number of nitrogens with zero attached hydrogens (tertiary/aromatic N) is 1. The molecule has 1 aliphatic rings. The molecule has 1 aliphatic heterocycles. The van der Waals surface area contributed by atoms with Crippen LogP contribution in [0.1, 0.15) is 65.0 Å². The van der Waals surface area contributed by atoms with Gasteiger partial charge in [0.05, 0.1) is 22.4 Å². The number of imide groups is 1. The maximum Gasteiger partial charge on any atom is 0.338 e. The third-order valence-corrected chi connectivity index (χ3v) is 6.92. The van der Waals surface area contributed by atoms with Crippen molar-refractivity contribution in [2.45, 2.75) is 33.8 Å². The molecule has 7 heteroatoms. The lowest BCUT2D eigenvalue weighted by Gasteiger charge is -2.15. The number of rotatable bonds is 7. The van der Waals surface area contributed by atoms with Gasteiger partial charge in [-0.15, -0.1) is 0 Å². The summed E-state index contributed by atoms with van der Waals surface area (Å²) in [5.74, 6) is -0.903. The minimum absolute atomic E-state index is 0.0717. The summed E-state index contributed by atoms with van der Waals surface area (Å²) in [6, 6.07) is 23.6. The summed E-state index contributed by atoms with van der Waals surface area (Å²) in [6.45, 7) is 7.44. The number of aryl methyl sites for hydroxylation is 3. The molecule has 1 heterocycles. The Morgan fingerprint density at radius 2 is 1.30 bits per heavy atom. The smallest absolute Gasteiger partial charge is 0.338 e. The predicted octanol–water partition coefficient (Wildman–Crippen LogP) is 6.63. The molecular formula is C33H27NO6. The van der Waals surface area contributed by atoms with Gasteiger partial charge in [-0.2, -0.15) is 0 Å². The number of hydrogen-bond acceptors (Lipinski definition) is 6. The Balaban J connectivity index is 1.29. The van der Waals surface area contributed by atoms with Gasteiger partial charge >= 0.3 is 5.97 Å². The van der Waals surface area contributed by atoms with Crippen molar-refractivity contribution in [2.24, 2.45) is 0 Å². The van der Waals surface area contributed by atoms with Crippen molar-refractivity contribution in [2.75, 3.05) is 4.90 Å². The summed E-state index contributed by atoms with van der Waals surface area (Å²) >= 11 is 0. The number of esters is 1. The number of fused-ring (bicyclic) bond motifs is 1. The first-order valence-corrected chi connectivity index (χ1v) is 12.8. The number of hydrogen-bond donors (Lipinski definition) is 0. The second-order valence-electron chi connectivity index (χ2n) is 9.83. The third-order valence-electron chi connectivity index (χ3n) is 6.92. The highest BCUT2D eigenvalue weighted by Gasteiger charge is 2.37. The Kier molecular flexibility index (Phi) is 7.05. The zero-order chi connectivity index (χ0) is 28.6. The van der Waals surface area contributed by atoms with E-state index in [0.717, 1.165) is 21.6 Å². The van der Waals surface area contributed by atoms with Gasteiger partial charge in [0, 0.05) is 5.56 Å². The second-order valence-corrected chi connectivity index (χ2v) is 9.83. The molecular weight excluding hydrogens is 506 g/mol. The van der Waals surface area contributed by atoms with E-state index in [9.17, 15) is 19.2 Å². The van der Waals surface area contributed by atoms with Gasteiger partial charge in [-0.3, -0.25) is 14.4 Å². The molecule has 0 saturated carbocycles. The number of ketones is 1. The van der Waals surface area contributed by atoms with E-state index in [1.165, 1.54) is 25.1 Å². The van der Waals surface area contributed by atoms with E-state index in [1.54, 1.807) is 36.4 Å². The van der Waals surface area contributed by atoms with Crippen LogP contribution in [0.4, 0.5) is 5.69 Å². The van der Waals surface area contributed by atoms with Crippen LogP contribution >= 0.6 is 0 Å². The normalized spacial score (nSPS) is 13.2. The van der Waals surface area contributed by atoms with Crippen molar-refractivity contribution >= 4 is 29.3 Å². The summed E-state index contributed by atoms with van der Waals surface area (Å²) in [7, 11) is 0. The van der Waals surface area contributed by atoms with Crippen LogP contribution in [0.25, 0.3) is 0 Å². The van der Waals surface area contributed by atoms with Gasteiger partial charge in [0.1, 0.15) is 11.5 Å². The Morgan fingerprint density at radius 1 is 0.675 bits per heavy atom. The van der Waals surface area contributed by atoms with Gasteiger partial charge < -0.3 is 9.47 Å². The fourth-order valence-electron chi connectivity index (χ4n) is 4.41. The van der Waals surface area contributed by atoms with Crippen molar-refractivity contribution in [3.8, 4) is 11.5 Å². The quantitative estimate of drug-likeness (QED) is 0.150. The molecule has 0 N–H and O–H groups in total. The van der Waals surface area contributed by atoms with Crippen molar-refractivity contribution in [3.63, 3.8) is 0 Å². The second kappa shape index (κ2) is 10.6. The molecule has 0 fully saturated rings. The topological polar surface area (TPSA) is 90.0 Å². The first-order valence-electron chi connectivity index (χ1n) is 12.8. The highest BCUT2D eigenvalue weighted by Crippen LogP contribution is 2.32. The van der Waals surface area contributed by atoms with E-state index in [-0.39, 0.29) is 22.5 Å². The van der Waals surface area contributed by atoms with Gasteiger partial charge in [0.2, 0.25) is 5.78 Å². The predicted molar refractivity (Wildman–Crippen MR) is 150 cm³/mol. The lowest BCUT2D eigenvalue weighted by molar-refractivity contribution is 0.0318. The maximum absolute atomic E-state index is 13.2. The summed E-state index contributed by atoms with van der Waals surface area (Å²) in [4.78, 5) is 52.9. The third kappa shape index (κ3) is 5.14. The van der Waals surface area contributed by atoms with Crippen LogP contribution in [0.3, 0.4) is 0 Å². The molecule has 4 aromatic carbocycles. The number of carbonyl (C=O) groups is 4. The first-order chi connectivity index (χ1) is 19.1. The zero-order valence-electron chi connectivity index (χ0n) is 22.6. The standard InChI is InChI=1S/C33H27NO6/c1-19-5-8-23(9-6-19)30(35)22(4)39-33(38)24-10-16-28-29(18-24)32(37)34(31(28)36)25-11-14-26(15-12-25)40-27-13-7-20(2)21(3)17-27/h5-18,22H,1-4H3. The minimum Gasteiger partial charge on any atom is -0.457 e. The van der Waals surface area contributed by atoms with Gasteiger partial charge in [0.15, 0.2) is 6.10 Å². The van der Waals surface area contributed by atoms with E-state index < -0.39 is 23.9 Å². The number of ether oxygens (including phenoxy) is 2. The number of amides is 2. The molecule has 0 aromatic heterocycles. The number of carbonyl (C=O) groups excluding carboxylic acids is 4. The molecule has 0 radical (unpaired) electrons. The van der Waals surface area contributed by atoms with Gasteiger partial charge in [-0.25, -0.2) is 9.69 Å². The van der Waals surface area contributed by atoms with Crippen molar-refractivity contribution in [3.05, 3.63) is 124 Å². The maximum atomic E-state index is 13.2. The molecule has 1 atom stereocenters. The van der Waals surface area contributed by atoms with Crippen molar-refractivity contribution < 1.29 is 28.7 Å². The molecule has 0 aliphatic carbocycles. The SMILES string of the molecule is Cc1ccc(C(=O)C(C)OC(=O)c2ccc3c(c2)C(=O)N(c2ccc(Oc4ccc(C)c(C)c4)cc2)C3=O)cc1. The Labute approximate surface area is 232 Å². The Morgan fingerprint density at radius 3 is 1.98 bits per heavy atom. The molecule has 5 rings (SSSR count). The lowest BCUT2D eigenvalue weighted by Crippen LogP contribution is -2.29. The molecule has 4 aromatic rings. The average Bonchev–Trinajstić information content (AvgIpc) is 3.20. The minimum atomic E-state index is -1.03. The molecule has 0 saturated heterocycles. The highest BCUT2D eigenvalue weighted by atomic mass is 16.5. The fourth-order valence-corrected chi connectivity index (χ4v) is 4.41. The van der Waals surface area contributed by atoms with E-state index in [1.807, 2.05) is 51.1 Å². The number of benzene rings is 4. The van der Waals surface area contributed by atoms with Crippen molar-refractivity contribution in [1.82, 2.24) is 0 Å². The van der Waals surface area contributed by atoms with Gasteiger partial charge in [-0.1, -0.05) is 35.9 Å².